The van der Waals surface area contributed by atoms with Crippen LogP contribution < -0.4 is 9.64 Å². The minimum absolute atomic E-state index is 0.192. The maximum atomic E-state index is 5.68. The second-order valence-corrected chi connectivity index (χ2v) is 5.04. The summed E-state index contributed by atoms with van der Waals surface area (Å²) in [6.07, 6.45) is 2.10. The smallest absolute Gasteiger partial charge is 0.232 e. The molecule has 2 atom stereocenters. The number of hydrogen-bond acceptors (Lipinski definition) is 5. The highest BCUT2D eigenvalue weighted by atomic mass is 79.9. The molecule has 1 aromatic heterocycles. The molecule has 17 heavy (non-hydrogen) atoms. The van der Waals surface area contributed by atoms with Crippen LogP contribution in [0.25, 0.3) is 0 Å². The fourth-order valence-corrected chi connectivity index (χ4v) is 2.33. The maximum absolute atomic E-state index is 5.68. The van der Waals surface area contributed by atoms with E-state index in [2.05, 4.69) is 44.6 Å². The summed E-state index contributed by atoms with van der Waals surface area (Å²) in [5.41, 5.74) is 0. The zero-order valence-corrected chi connectivity index (χ0v) is 11.8. The lowest BCUT2D eigenvalue weighted by molar-refractivity contribution is -0.00575. The van der Waals surface area contributed by atoms with Crippen LogP contribution in [0.1, 0.15) is 13.8 Å². The summed E-state index contributed by atoms with van der Waals surface area (Å²) >= 11 is 3.35. The molecule has 2 rings (SSSR count). The van der Waals surface area contributed by atoms with Gasteiger partial charge in [0.05, 0.1) is 30.0 Å². The molecule has 0 amide bonds. The van der Waals surface area contributed by atoms with E-state index in [4.69, 9.17) is 9.47 Å². The minimum Gasteiger partial charge on any atom is -0.480 e. The van der Waals surface area contributed by atoms with Gasteiger partial charge in [-0.1, -0.05) is 0 Å². The number of halogens is 1. The standard InChI is InChI=1S/C11H16BrN3O2/c1-7-5-15(6-8(2)17-7)11-13-4-9(12)10(14-11)16-3/h4,7-8H,5-6H2,1-3H3. The molecule has 0 N–H and O–H groups in total. The zero-order valence-electron chi connectivity index (χ0n) is 10.2. The van der Waals surface area contributed by atoms with Gasteiger partial charge in [-0.3, -0.25) is 0 Å². The quantitative estimate of drug-likeness (QED) is 0.834. The van der Waals surface area contributed by atoms with E-state index < -0.39 is 0 Å². The first-order chi connectivity index (χ1) is 8.10. The van der Waals surface area contributed by atoms with E-state index in [1.54, 1.807) is 13.3 Å². The van der Waals surface area contributed by atoms with E-state index in [1.807, 2.05) is 0 Å². The molecule has 94 valence electrons. The van der Waals surface area contributed by atoms with Crippen molar-refractivity contribution in [1.29, 1.82) is 0 Å². The summed E-state index contributed by atoms with van der Waals surface area (Å²) in [5.74, 6) is 1.24. The zero-order chi connectivity index (χ0) is 12.4. The first kappa shape index (κ1) is 12.6. The molecule has 0 saturated carbocycles. The molecular weight excluding hydrogens is 286 g/mol. The van der Waals surface area contributed by atoms with Crippen LogP contribution in [0.4, 0.5) is 5.95 Å². The van der Waals surface area contributed by atoms with Crippen LogP contribution in [0, 0.1) is 0 Å². The van der Waals surface area contributed by atoms with E-state index >= 15 is 0 Å². The molecule has 1 saturated heterocycles. The average Bonchev–Trinajstić information content (AvgIpc) is 2.28. The van der Waals surface area contributed by atoms with Crippen LogP contribution in [0.3, 0.4) is 0 Å². The van der Waals surface area contributed by atoms with Crippen molar-refractivity contribution < 1.29 is 9.47 Å². The lowest BCUT2D eigenvalue weighted by Gasteiger charge is -2.35. The van der Waals surface area contributed by atoms with Gasteiger partial charge in [-0.15, -0.1) is 0 Å². The molecule has 0 spiro atoms. The highest BCUT2D eigenvalue weighted by Crippen LogP contribution is 2.24. The summed E-state index contributed by atoms with van der Waals surface area (Å²) in [7, 11) is 1.60. The van der Waals surface area contributed by atoms with E-state index in [9.17, 15) is 0 Å². The van der Waals surface area contributed by atoms with Gasteiger partial charge < -0.3 is 14.4 Å². The number of nitrogens with zero attached hydrogens (tertiary/aromatic N) is 3. The van der Waals surface area contributed by atoms with Crippen molar-refractivity contribution in [3.05, 3.63) is 10.7 Å². The predicted molar refractivity (Wildman–Crippen MR) is 68.5 cm³/mol. The van der Waals surface area contributed by atoms with Crippen LogP contribution in [0.15, 0.2) is 10.7 Å². The van der Waals surface area contributed by atoms with Gasteiger partial charge >= 0.3 is 0 Å². The maximum Gasteiger partial charge on any atom is 0.232 e. The van der Waals surface area contributed by atoms with Crippen LogP contribution in [-0.4, -0.2) is 42.4 Å². The summed E-state index contributed by atoms with van der Waals surface area (Å²) in [5, 5.41) is 0. The molecule has 1 aliphatic rings. The first-order valence-corrected chi connectivity index (χ1v) is 6.36. The molecule has 2 heterocycles. The van der Waals surface area contributed by atoms with Crippen molar-refractivity contribution in [2.45, 2.75) is 26.1 Å². The van der Waals surface area contributed by atoms with Crippen molar-refractivity contribution in [2.75, 3.05) is 25.1 Å². The summed E-state index contributed by atoms with van der Waals surface area (Å²) in [6, 6.07) is 0. The molecule has 6 heteroatoms. The number of ether oxygens (including phenoxy) is 2. The van der Waals surface area contributed by atoms with Gasteiger partial charge in [-0.05, 0) is 29.8 Å². The normalized spacial score (nSPS) is 24.8. The molecular formula is C11H16BrN3O2. The van der Waals surface area contributed by atoms with Crippen molar-refractivity contribution in [3.8, 4) is 5.88 Å². The number of methoxy groups -OCH3 is 1. The lowest BCUT2D eigenvalue weighted by Crippen LogP contribution is -2.46. The van der Waals surface area contributed by atoms with Gasteiger partial charge in [0.15, 0.2) is 0 Å². The molecule has 2 unspecified atom stereocenters. The minimum atomic E-state index is 0.192. The highest BCUT2D eigenvalue weighted by Gasteiger charge is 2.24. The fraction of sp³-hybridized carbons (Fsp3) is 0.636. The Hall–Kier alpha value is -0.880. The predicted octanol–water partition coefficient (Wildman–Crippen LogP) is 1.86. The Morgan fingerprint density at radius 2 is 2.06 bits per heavy atom. The molecule has 5 nitrogen and oxygen atoms in total. The fourth-order valence-electron chi connectivity index (χ4n) is 1.98. The van der Waals surface area contributed by atoms with E-state index in [0.717, 1.165) is 17.6 Å². The SMILES string of the molecule is COc1nc(N2CC(C)OC(C)C2)ncc1Br. The highest BCUT2D eigenvalue weighted by molar-refractivity contribution is 9.10. The van der Waals surface area contributed by atoms with E-state index in [0.29, 0.717) is 11.8 Å². The summed E-state index contributed by atoms with van der Waals surface area (Å²) in [4.78, 5) is 10.8. The van der Waals surface area contributed by atoms with Gasteiger partial charge in [0.2, 0.25) is 11.8 Å². The van der Waals surface area contributed by atoms with Gasteiger partial charge in [-0.25, -0.2) is 4.98 Å². The monoisotopic (exact) mass is 301 g/mol. The van der Waals surface area contributed by atoms with Crippen molar-refractivity contribution in [1.82, 2.24) is 9.97 Å². The Labute approximate surface area is 109 Å². The third-order valence-corrected chi connectivity index (χ3v) is 3.14. The van der Waals surface area contributed by atoms with Crippen LogP contribution in [-0.2, 0) is 4.74 Å². The molecule has 1 aliphatic heterocycles. The molecule has 1 aromatic rings. The summed E-state index contributed by atoms with van der Waals surface area (Å²) in [6.45, 7) is 5.71. The Morgan fingerprint density at radius 1 is 1.41 bits per heavy atom. The Morgan fingerprint density at radius 3 is 2.65 bits per heavy atom. The van der Waals surface area contributed by atoms with Crippen molar-refractivity contribution in [3.63, 3.8) is 0 Å². The molecule has 1 fully saturated rings. The van der Waals surface area contributed by atoms with Crippen molar-refractivity contribution >= 4 is 21.9 Å². The van der Waals surface area contributed by atoms with E-state index in [-0.39, 0.29) is 12.2 Å². The summed E-state index contributed by atoms with van der Waals surface area (Å²) < 4.78 is 11.6. The third-order valence-electron chi connectivity index (χ3n) is 2.60. The topological polar surface area (TPSA) is 47.5 Å². The average molecular weight is 302 g/mol. The van der Waals surface area contributed by atoms with Crippen molar-refractivity contribution in [2.24, 2.45) is 0 Å². The Bertz CT molecular complexity index is 392. The van der Waals surface area contributed by atoms with Crippen LogP contribution in [0.2, 0.25) is 0 Å². The number of hydrogen-bond donors (Lipinski definition) is 0. The van der Waals surface area contributed by atoms with Gasteiger partial charge in [0.25, 0.3) is 0 Å². The van der Waals surface area contributed by atoms with Gasteiger partial charge in [-0.2, -0.15) is 4.98 Å². The molecule has 0 bridgehead atoms. The van der Waals surface area contributed by atoms with Gasteiger partial charge in [0.1, 0.15) is 0 Å². The molecule has 0 aliphatic carbocycles. The molecule has 0 radical (unpaired) electrons. The first-order valence-electron chi connectivity index (χ1n) is 5.57. The van der Waals surface area contributed by atoms with E-state index in [1.165, 1.54) is 0 Å². The third kappa shape index (κ3) is 2.87. The van der Waals surface area contributed by atoms with Gasteiger partial charge in [0, 0.05) is 13.1 Å². The number of aromatic nitrogens is 2. The Kier molecular flexibility index (Phi) is 3.83. The second-order valence-electron chi connectivity index (χ2n) is 4.19. The lowest BCUT2D eigenvalue weighted by atomic mass is 10.2. The van der Waals surface area contributed by atoms with Crippen LogP contribution >= 0.6 is 15.9 Å². The molecule has 0 aromatic carbocycles. The number of rotatable bonds is 2. The van der Waals surface area contributed by atoms with Crippen LogP contribution in [0.5, 0.6) is 5.88 Å². The number of anilines is 1. The largest absolute Gasteiger partial charge is 0.480 e. The number of morpholine rings is 1. The second kappa shape index (κ2) is 5.18. The Balaban J connectivity index is 2.21.